The van der Waals surface area contributed by atoms with Gasteiger partial charge in [0.15, 0.2) is 0 Å². The van der Waals surface area contributed by atoms with Crippen LogP contribution in [0.5, 0.6) is 0 Å². The molecule has 0 unspecified atom stereocenters. The molecule has 0 atom stereocenters. The summed E-state index contributed by atoms with van der Waals surface area (Å²) in [5.41, 5.74) is -1.26. The smallest absolute Gasteiger partial charge is 0.313 e. The van der Waals surface area contributed by atoms with Crippen molar-refractivity contribution >= 4 is 0 Å². The summed E-state index contributed by atoms with van der Waals surface area (Å²) < 4.78 is 17.2. The van der Waals surface area contributed by atoms with Gasteiger partial charge in [-0.1, -0.05) is 0 Å². The van der Waals surface area contributed by atoms with Gasteiger partial charge in [-0.15, -0.1) is 0 Å². The average Bonchev–Trinajstić information content (AvgIpc) is 1.96. The van der Waals surface area contributed by atoms with Crippen LogP contribution in [0.3, 0.4) is 0 Å². The van der Waals surface area contributed by atoms with Gasteiger partial charge < -0.3 is 19.3 Å². The van der Waals surface area contributed by atoms with Crippen molar-refractivity contribution in [3.63, 3.8) is 0 Å². The van der Waals surface area contributed by atoms with Crippen molar-refractivity contribution in [3.05, 3.63) is 0 Å². The molecule has 0 spiro atoms. The Labute approximate surface area is 126 Å². The Balaban J connectivity index is 0. The maximum absolute atomic E-state index is 10.3. The van der Waals surface area contributed by atoms with Gasteiger partial charge in [0.2, 0.25) is 0 Å². The molecule has 108 valence electrons. The minimum absolute atomic E-state index is 0. The normalized spacial score (nSPS) is 13.3. The van der Waals surface area contributed by atoms with Crippen molar-refractivity contribution < 1.29 is 41.0 Å². The van der Waals surface area contributed by atoms with Gasteiger partial charge in [0, 0.05) is 21.7 Å². The summed E-state index contributed by atoms with van der Waals surface area (Å²) in [6.45, 7) is 14.5. The molecule has 0 aliphatic heterocycles. The van der Waals surface area contributed by atoms with Crippen LogP contribution in [0.4, 0.5) is 0 Å². The van der Waals surface area contributed by atoms with E-state index in [1.807, 2.05) is 41.5 Å². The van der Waals surface area contributed by atoms with Crippen LogP contribution in [-0.4, -0.2) is 35.0 Å². The van der Waals surface area contributed by atoms with Gasteiger partial charge in [0.25, 0.3) is 0 Å². The molecule has 0 radical (unpaired) electrons. The Morgan fingerprint density at radius 2 is 0.944 bits per heavy atom. The van der Waals surface area contributed by atoms with E-state index in [-0.39, 0.29) is 40.0 Å². The predicted molar refractivity (Wildman–Crippen MR) is 67.7 cm³/mol. The van der Waals surface area contributed by atoms with Crippen molar-refractivity contribution in [2.45, 2.75) is 85.3 Å². The Bertz CT molecular complexity index is 195. The minimum Gasteiger partial charge on any atom is -0.382 e. The van der Waals surface area contributed by atoms with Crippen LogP contribution in [-0.2, 0) is 35.9 Å². The molecule has 0 fully saturated rings. The third-order valence-electron chi connectivity index (χ3n) is 1.92. The summed E-state index contributed by atoms with van der Waals surface area (Å²) in [6, 6.07) is 0. The van der Waals surface area contributed by atoms with Gasteiger partial charge in [-0.2, -0.15) is 0 Å². The quantitative estimate of drug-likeness (QED) is 0.579. The molecule has 0 saturated carbocycles. The molecule has 5 heteroatoms. The van der Waals surface area contributed by atoms with Gasteiger partial charge in [0.1, 0.15) is 5.60 Å². The van der Waals surface area contributed by atoms with Crippen LogP contribution in [0, 0.1) is 0 Å². The molecule has 0 aliphatic rings. The monoisotopic (exact) mass is 296 g/mol. The van der Waals surface area contributed by atoms with Gasteiger partial charge in [-0.05, 0) is 55.4 Å². The largest absolute Gasteiger partial charge is 0.382 e. The van der Waals surface area contributed by atoms with Gasteiger partial charge in [-0.25, -0.2) is 0 Å². The zero-order valence-electron chi connectivity index (χ0n) is 12.9. The van der Waals surface area contributed by atoms with Crippen LogP contribution in [0.15, 0.2) is 0 Å². The number of rotatable bonds is 7. The zero-order chi connectivity index (χ0) is 13.9. The first kappa shape index (κ1) is 20.9. The second kappa shape index (κ2) is 7.98. The summed E-state index contributed by atoms with van der Waals surface area (Å²) in [5, 5.41) is 10.3. The summed E-state index contributed by atoms with van der Waals surface area (Å²) in [5.74, 6) is -1.44. The van der Waals surface area contributed by atoms with E-state index in [0.29, 0.717) is 0 Å². The first-order valence-corrected chi connectivity index (χ1v) is 6.26. The van der Waals surface area contributed by atoms with E-state index in [1.165, 1.54) is 0 Å². The van der Waals surface area contributed by atoms with E-state index >= 15 is 0 Å². The van der Waals surface area contributed by atoms with E-state index < -0.39 is 11.6 Å². The van der Waals surface area contributed by atoms with Gasteiger partial charge >= 0.3 is 5.97 Å². The fourth-order valence-electron chi connectivity index (χ4n) is 1.45. The maximum atomic E-state index is 10.3. The molecule has 0 bridgehead atoms. The third-order valence-corrected chi connectivity index (χ3v) is 1.92. The molecule has 0 heterocycles. The topological polar surface area (TPSA) is 47.9 Å². The van der Waals surface area contributed by atoms with E-state index in [2.05, 4.69) is 0 Å². The molecule has 1 N–H and O–H groups in total. The predicted octanol–water partition coefficient (Wildman–Crippen LogP) is 2.68. The SMILES string of the molecule is CC(C)OC(OC(C)C)(OC(C)C)C(C)(C)O.[Ti]. The second-order valence-corrected chi connectivity index (χ2v) is 5.62. The number of hydrogen-bond donors (Lipinski definition) is 1. The fourth-order valence-corrected chi connectivity index (χ4v) is 1.45. The number of ether oxygens (including phenoxy) is 3. The fraction of sp³-hybridized carbons (Fsp3) is 1.00. The number of aliphatic hydroxyl groups is 1. The molecule has 18 heavy (non-hydrogen) atoms. The standard InChI is InChI=1S/C13H28O4.Ti/c1-9(2)15-13(12(7,8)14,16-10(3)4)17-11(5)6;/h9-11,14H,1-8H3;. The van der Waals surface area contributed by atoms with Crippen molar-refractivity contribution in [2.75, 3.05) is 0 Å². The molecular weight excluding hydrogens is 268 g/mol. The van der Waals surface area contributed by atoms with Crippen molar-refractivity contribution in [1.29, 1.82) is 0 Å². The number of hydrogen-bond acceptors (Lipinski definition) is 4. The molecule has 0 aliphatic carbocycles. The summed E-state index contributed by atoms with van der Waals surface area (Å²) in [6.07, 6.45) is -0.336. The minimum atomic E-state index is -1.44. The first-order chi connectivity index (χ1) is 7.50. The van der Waals surface area contributed by atoms with Crippen LogP contribution in [0.25, 0.3) is 0 Å². The Kier molecular flexibility index (Phi) is 9.25. The summed E-state index contributed by atoms with van der Waals surface area (Å²) >= 11 is 0. The van der Waals surface area contributed by atoms with Gasteiger partial charge in [-0.3, -0.25) is 0 Å². The van der Waals surface area contributed by atoms with E-state index in [1.54, 1.807) is 13.8 Å². The average molecular weight is 296 g/mol. The van der Waals surface area contributed by atoms with Crippen LogP contribution in [0.1, 0.15) is 55.4 Å². The Hall–Kier alpha value is 0.554. The molecule has 0 aromatic heterocycles. The molecule has 4 nitrogen and oxygen atoms in total. The maximum Gasteiger partial charge on any atom is 0.313 e. The first-order valence-electron chi connectivity index (χ1n) is 6.26. The van der Waals surface area contributed by atoms with Crippen molar-refractivity contribution in [3.8, 4) is 0 Å². The Morgan fingerprint density at radius 1 is 0.722 bits per heavy atom. The van der Waals surface area contributed by atoms with Crippen LogP contribution < -0.4 is 0 Å². The third kappa shape index (κ3) is 6.64. The summed E-state index contributed by atoms with van der Waals surface area (Å²) in [4.78, 5) is 0. The van der Waals surface area contributed by atoms with Crippen LogP contribution >= 0.6 is 0 Å². The Morgan fingerprint density at radius 3 is 1.06 bits per heavy atom. The van der Waals surface area contributed by atoms with Gasteiger partial charge in [0.05, 0.1) is 18.3 Å². The molecule has 0 aromatic carbocycles. The molecule has 0 saturated heterocycles. The zero-order valence-corrected chi connectivity index (χ0v) is 14.5. The van der Waals surface area contributed by atoms with E-state index in [4.69, 9.17) is 14.2 Å². The summed E-state index contributed by atoms with van der Waals surface area (Å²) in [7, 11) is 0. The molecular formula is C13H28O4Ti. The van der Waals surface area contributed by atoms with Crippen molar-refractivity contribution in [2.24, 2.45) is 0 Å². The molecule has 0 rings (SSSR count). The van der Waals surface area contributed by atoms with E-state index in [9.17, 15) is 5.11 Å². The molecule has 0 amide bonds. The second-order valence-electron chi connectivity index (χ2n) is 5.62. The van der Waals surface area contributed by atoms with E-state index in [0.717, 1.165) is 0 Å². The van der Waals surface area contributed by atoms with Crippen LogP contribution in [0.2, 0.25) is 0 Å². The molecule has 0 aromatic rings. The van der Waals surface area contributed by atoms with Crippen molar-refractivity contribution in [1.82, 2.24) is 0 Å².